The van der Waals surface area contributed by atoms with Gasteiger partial charge in [0, 0.05) is 56.9 Å². The number of carboxylic acids is 1. The fourth-order valence-electron chi connectivity index (χ4n) is 5.11. The number of halogens is 1. The maximum absolute atomic E-state index is 15.0. The van der Waals surface area contributed by atoms with Crippen molar-refractivity contribution < 1.29 is 28.6 Å². The minimum absolute atomic E-state index is 0.00258. The molecular formula is C33H38FN3O5. The standard InChI is InChI=1S/C33H38FN3O5/c1-22-19-36(14-15-37(22)32(41)42-33(2,3)4)21-23-8-6-9-25(16-23)28-17-24(12-13-29(28)34)20-35(5)30(38)26-10-7-11-27(18-26)31(39)40/h6-13,16-18,22H,14-15,19-21H2,1-5H3,(H,39,40). The topological polar surface area (TPSA) is 90.4 Å². The van der Waals surface area contributed by atoms with Gasteiger partial charge in [0.2, 0.25) is 0 Å². The second kappa shape index (κ2) is 12.7. The lowest BCUT2D eigenvalue weighted by Gasteiger charge is -2.40. The van der Waals surface area contributed by atoms with Crippen LogP contribution in [-0.2, 0) is 17.8 Å². The SMILES string of the molecule is CC1CN(Cc2cccc(-c3cc(CN(C)C(=O)c4cccc(C(=O)O)c4)ccc3F)c2)CCN1C(=O)OC(C)(C)C. The summed E-state index contributed by atoms with van der Waals surface area (Å²) in [5, 5.41) is 9.23. The Morgan fingerprint density at radius 1 is 0.976 bits per heavy atom. The molecule has 1 fully saturated rings. The van der Waals surface area contributed by atoms with Gasteiger partial charge in [-0.3, -0.25) is 9.69 Å². The molecule has 1 unspecified atom stereocenters. The molecule has 0 saturated carbocycles. The van der Waals surface area contributed by atoms with Crippen LogP contribution in [0, 0.1) is 5.82 Å². The Morgan fingerprint density at radius 2 is 1.69 bits per heavy atom. The lowest BCUT2D eigenvalue weighted by atomic mass is 9.99. The minimum atomic E-state index is -1.10. The molecule has 222 valence electrons. The summed E-state index contributed by atoms with van der Waals surface area (Å²) in [6.07, 6.45) is -0.298. The number of carboxylic acid groups (broad SMARTS) is 1. The maximum Gasteiger partial charge on any atom is 0.410 e. The Morgan fingerprint density at radius 3 is 2.38 bits per heavy atom. The van der Waals surface area contributed by atoms with E-state index in [9.17, 15) is 19.5 Å². The molecule has 9 heteroatoms. The van der Waals surface area contributed by atoms with E-state index >= 15 is 4.39 Å². The summed E-state index contributed by atoms with van der Waals surface area (Å²) < 4.78 is 20.6. The molecule has 1 atom stereocenters. The van der Waals surface area contributed by atoms with E-state index in [-0.39, 0.29) is 41.5 Å². The van der Waals surface area contributed by atoms with Crippen LogP contribution < -0.4 is 0 Å². The lowest BCUT2D eigenvalue weighted by Crippen LogP contribution is -2.54. The average Bonchev–Trinajstić information content (AvgIpc) is 2.93. The first kappa shape index (κ1) is 30.7. The van der Waals surface area contributed by atoms with Gasteiger partial charge in [-0.25, -0.2) is 14.0 Å². The summed E-state index contributed by atoms with van der Waals surface area (Å²) in [6.45, 7) is 10.4. The van der Waals surface area contributed by atoms with Gasteiger partial charge in [0.25, 0.3) is 5.91 Å². The largest absolute Gasteiger partial charge is 0.478 e. The number of hydrogen-bond acceptors (Lipinski definition) is 5. The number of carbonyl (C=O) groups excluding carboxylic acids is 2. The summed E-state index contributed by atoms with van der Waals surface area (Å²) in [5.74, 6) is -1.79. The maximum atomic E-state index is 15.0. The molecule has 1 saturated heterocycles. The summed E-state index contributed by atoms with van der Waals surface area (Å²) in [7, 11) is 1.63. The molecule has 0 spiro atoms. The van der Waals surface area contributed by atoms with Gasteiger partial charge in [-0.15, -0.1) is 0 Å². The Bertz CT molecular complexity index is 1470. The predicted molar refractivity (Wildman–Crippen MR) is 159 cm³/mol. The van der Waals surface area contributed by atoms with Gasteiger partial charge in [-0.2, -0.15) is 0 Å². The fourth-order valence-corrected chi connectivity index (χ4v) is 5.11. The van der Waals surface area contributed by atoms with Gasteiger partial charge in [-0.1, -0.05) is 30.3 Å². The molecule has 1 heterocycles. The van der Waals surface area contributed by atoms with Gasteiger partial charge >= 0.3 is 12.1 Å². The van der Waals surface area contributed by atoms with E-state index < -0.39 is 11.6 Å². The van der Waals surface area contributed by atoms with E-state index in [0.29, 0.717) is 31.7 Å². The van der Waals surface area contributed by atoms with Crippen molar-refractivity contribution in [2.75, 3.05) is 26.7 Å². The predicted octanol–water partition coefficient (Wildman–Crippen LogP) is 5.90. The molecule has 4 rings (SSSR count). The lowest BCUT2D eigenvalue weighted by molar-refractivity contribution is 0.000537. The van der Waals surface area contributed by atoms with Crippen molar-refractivity contribution in [3.05, 3.63) is 94.8 Å². The third kappa shape index (κ3) is 7.73. The van der Waals surface area contributed by atoms with E-state index in [1.807, 2.05) is 52.0 Å². The van der Waals surface area contributed by atoms with Crippen LogP contribution in [0.25, 0.3) is 11.1 Å². The molecule has 3 aromatic carbocycles. The fraction of sp³-hybridized carbons (Fsp3) is 0.364. The molecule has 1 aliphatic heterocycles. The molecule has 3 aromatic rings. The van der Waals surface area contributed by atoms with E-state index in [0.717, 1.165) is 16.7 Å². The summed E-state index contributed by atoms with van der Waals surface area (Å²) >= 11 is 0. The van der Waals surface area contributed by atoms with Gasteiger partial charge < -0.3 is 19.6 Å². The molecule has 8 nitrogen and oxygen atoms in total. The zero-order chi connectivity index (χ0) is 30.6. The monoisotopic (exact) mass is 575 g/mol. The van der Waals surface area contributed by atoms with Gasteiger partial charge in [0.15, 0.2) is 0 Å². The highest BCUT2D eigenvalue weighted by Crippen LogP contribution is 2.27. The molecule has 2 amide bonds. The minimum Gasteiger partial charge on any atom is -0.478 e. The number of piperazine rings is 1. The molecule has 0 aliphatic carbocycles. The average molecular weight is 576 g/mol. The highest BCUT2D eigenvalue weighted by Gasteiger charge is 2.30. The molecule has 0 bridgehead atoms. The molecular weight excluding hydrogens is 537 g/mol. The molecule has 1 N–H and O–H groups in total. The van der Waals surface area contributed by atoms with Crippen molar-refractivity contribution >= 4 is 18.0 Å². The van der Waals surface area contributed by atoms with Gasteiger partial charge in [-0.05, 0) is 80.8 Å². The number of rotatable bonds is 7. The number of benzene rings is 3. The number of carbonyl (C=O) groups is 3. The second-order valence-corrected chi connectivity index (χ2v) is 11.8. The Labute approximate surface area is 246 Å². The zero-order valence-electron chi connectivity index (χ0n) is 24.8. The second-order valence-electron chi connectivity index (χ2n) is 11.8. The quantitative estimate of drug-likeness (QED) is 0.377. The number of hydrogen-bond donors (Lipinski definition) is 1. The normalized spacial score (nSPS) is 15.8. The van der Waals surface area contributed by atoms with Crippen LogP contribution in [0.1, 0.15) is 59.5 Å². The Kier molecular flexibility index (Phi) is 9.31. The highest BCUT2D eigenvalue weighted by atomic mass is 19.1. The summed E-state index contributed by atoms with van der Waals surface area (Å²) in [5.41, 5.74) is 2.71. The van der Waals surface area contributed by atoms with E-state index in [1.54, 1.807) is 30.1 Å². The van der Waals surface area contributed by atoms with Crippen LogP contribution in [0.5, 0.6) is 0 Å². The first-order valence-electron chi connectivity index (χ1n) is 14.0. The van der Waals surface area contributed by atoms with Crippen LogP contribution in [-0.4, -0.2) is 76.1 Å². The van der Waals surface area contributed by atoms with E-state index in [2.05, 4.69) is 4.90 Å². The van der Waals surface area contributed by atoms with E-state index in [4.69, 9.17) is 4.74 Å². The third-order valence-electron chi connectivity index (χ3n) is 7.14. The number of aromatic carboxylic acids is 1. The van der Waals surface area contributed by atoms with Gasteiger partial charge in [0.05, 0.1) is 5.56 Å². The van der Waals surface area contributed by atoms with Crippen molar-refractivity contribution in [1.29, 1.82) is 0 Å². The first-order valence-corrected chi connectivity index (χ1v) is 14.0. The van der Waals surface area contributed by atoms with Crippen molar-refractivity contribution in [2.45, 2.75) is 52.4 Å². The molecule has 0 radical (unpaired) electrons. The van der Waals surface area contributed by atoms with Crippen LogP contribution >= 0.6 is 0 Å². The van der Waals surface area contributed by atoms with Crippen molar-refractivity contribution in [1.82, 2.24) is 14.7 Å². The first-order chi connectivity index (χ1) is 19.8. The highest BCUT2D eigenvalue weighted by molar-refractivity contribution is 5.97. The number of ether oxygens (including phenoxy) is 1. The van der Waals surface area contributed by atoms with E-state index in [1.165, 1.54) is 29.2 Å². The van der Waals surface area contributed by atoms with Crippen LogP contribution in [0.4, 0.5) is 9.18 Å². The van der Waals surface area contributed by atoms with Crippen molar-refractivity contribution in [3.63, 3.8) is 0 Å². The van der Waals surface area contributed by atoms with Crippen LogP contribution in [0.15, 0.2) is 66.7 Å². The van der Waals surface area contributed by atoms with Crippen molar-refractivity contribution in [2.24, 2.45) is 0 Å². The molecule has 1 aliphatic rings. The van der Waals surface area contributed by atoms with Gasteiger partial charge in [0.1, 0.15) is 11.4 Å². The Balaban J connectivity index is 1.43. The third-order valence-corrected chi connectivity index (χ3v) is 7.14. The van der Waals surface area contributed by atoms with Crippen LogP contribution in [0.3, 0.4) is 0 Å². The zero-order valence-corrected chi connectivity index (χ0v) is 24.8. The summed E-state index contributed by atoms with van der Waals surface area (Å²) in [6, 6.07) is 18.4. The smallest absolute Gasteiger partial charge is 0.410 e. The Hall–Kier alpha value is -4.24. The number of amides is 2. The molecule has 42 heavy (non-hydrogen) atoms. The van der Waals surface area contributed by atoms with Crippen molar-refractivity contribution in [3.8, 4) is 11.1 Å². The number of nitrogens with zero attached hydrogens (tertiary/aromatic N) is 3. The van der Waals surface area contributed by atoms with Crippen LogP contribution in [0.2, 0.25) is 0 Å². The molecule has 0 aromatic heterocycles. The summed E-state index contributed by atoms with van der Waals surface area (Å²) in [4.78, 5) is 42.3.